The molecule has 1 amide bonds. The van der Waals surface area contributed by atoms with Crippen molar-refractivity contribution < 1.29 is 9.53 Å². The number of rotatable bonds is 7. The van der Waals surface area contributed by atoms with Gasteiger partial charge in [-0.15, -0.1) is 12.4 Å². The Morgan fingerprint density at radius 2 is 2.26 bits per heavy atom. The predicted octanol–water partition coefficient (Wildman–Crippen LogP) is 1.73. The smallest absolute Gasteiger partial charge is 0.224 e. The molecule has 1 saturated heterocycles. The summed E-state index contributed by atoms with van der Waals surface area (Å²) in [5.74, 6) is 0.428. The van der Waals surface area contributed by atoms with E-state index in [0.29, 0.717) is 5.41 Å². The molecule has 1 aliphatic heterocycles. The molecule has 0 spiro atoms. The molecule has 2 rings (SSSR count). The van der Waals surface area contributed by atoms with E-state index in [1.54, 1.807) is 0 Å². The Bertz CT molecular complexity index is 277. The first-order valence-corrected chi connectivity index (χ1v) is 7.32. The molecule has 2 fully saturated rings. The normalized spacial score (nSPS) is 24.4. The van der Waals surface area contributed by atoms with E-state index in [2.05, 4.69) is 10.6 Å². The Kier molecular flexibility index (Phi) is 7.11. The lowest BCUT2D eigenvalue weighted by Gasteiger charge is -2.42. The third-order valence-electron chi connectivity index (χ3n) is 4.46. The van der Waals surface area contributed by atoms with Crippen molar-refractivity contribution in [3.05, 3.63) is 0 Å². The molecular formula is C14H27ClN2O2. The van der Waals surface area contributed by atoms with Gasteiger partial charge in [-0.2, -0.15) is 0 Å². The number of ether oxygens (including phenoxy) is 1. The maximum absolute atomic E-state index is 12.0. The van der Waals surface area contributed by atoms with Gasteiger partial charge < -0.3 is 15.4 Å². The van der Waals surface area contributed by atoms with Crippen LogP contribution in [0.5, 0.6) is 0 Å². The van der Waals surface area contributed by atoms with Crippen LogP contribution in [0.4, 0.5) is 0 Å². The second kappa shape index (κ2) is 8.08. The fourth-order valence-electron chi connectivity index (χ4n) is 2.92. The molecule has 5 heteroatoms. The van der Waals surface area contributed by atoms with Gasteiger partial charge in [0.2, 0.25) is 5.91 Å². The lowest BCUT2D eigenvalue weighted by molar-refractivity contribution is -0.125. The monoisotopic (exact) mass is 290 g/mol. The number of nitrogens with one attached hydrogen (secondary N) is 2. The fraction of sp³-hybridized carbons (Fsp3) is 0.929. The van der Waals surface area contributed by atoms with Gasteiger partial charge in [-0.1, -0.05) is 6.42 Å². The maximum Gasteiger partial charge on any atom is 0.224 e. The van der Waals surface area contributed by atoms with Crippen molar-refractivity contribution >= 4 is 18.3 Å². The topological polar surface area (TPSA) is 50.4 Å². The molecule has 19 heavy (non-hydrogen) atoms. The summed E-state index contributed by atoms with van der Waals surface area (Å²) in [4.78, 5) is 12.0. The van der Waals surface area contributed by atoms with Crippen molar-refractivity contribution in [3.8, 4) is 0 Å². The quantitative estimate of drug-likeness (QED) is 0.702. The van der Waals surface area contributed by atoms with Crippen LogP contribution in [0.25, 0.3) is 0 Å². The molecule has 1 unspecified atom stereocenters. The summed E-state index contributed by atoms with van der Waals surface area (Å²) in [7, 11) is 0. The number of amides is 1. The standard InChI is InChI=1S/C14H26N2O2.ClH/c1-2-18-9-7-14(5-3-6-14)11-16-13(17)12-4-8-15-10-12;/h12,15H,2-11H2,1H3,(H,16,17);1H. The first kappa shape index (κ1) is 16.7. The largest absolute Gasteiger partial charge is 0.382 e. The van der Waals surface area contributed by atoms with Crippen LogP contribution < -0.4 is 10.6 Å². The minimum absolute atomic E-state index is 0. The van der Waals surface area contributed by atoms with Crippen LogP contribution >= 0.6 is 12.4 Å². The van der Waals surface area contributed by atoms with Gasteiger partial charge in [0.15, 0.2) is 0 Å². The third kappa shape index (κ3) is 4.62. The molecule has 1 saturated carbocycles. The van der Waals surface area contributed by atoms with E-state index >= 15 is 0 Å². The number of halogens is 1. The van der Waals surface area contributed by atoms with Crippen molar-refractivity contribution in [2.75, 3.05) is 32.8 Å². The number of carbonyl (C=O) groups excluding carboxylic acids is 1. The van der Waals surface area contributed by atoms with E-state index < -0.39 is 0 Å². The van der Waals surface area contributed by atoms with Gasteiger partial charge in [0.25, 0.3) is 0 Å². The minimum atomic E-state index is 0. The summed E-state index contributed by atoms with van der Waals surface area (Å²) in [6, 6.07) is 0. The van der Waals surface area contributed by atoms with Crippen molar-refractivity contribution in [1.82, 2.24) is 10.6 Å². The highest BCUT2D eigenvalue weighted by Crippen LogP contribution is 2.43. The van der Waals surface area contributed by atoms with Gasteiger partial charge in [0.1, 0.15) is 0 Å². The van der Waals surface area contributed by atoms with Crippen LogP contribution in [0.2, 0.25) is 0 Å². The molecule has 2 N–H and O–H groups in total. The van der Waals surface area contributed by atoms with Crippen molar-refractivity contribution in [3.63, 3.8) is 0 Å². The first-order valence-electron chi connectivity index (χ1n) is 7.32. The zero-order valence-electron chi connectivity index (χ0n) is 11.9. The molecule has 112 valence electrons. The molecule has 0 radical (unpaired) electrons. The van der Waals surface area contributed by atoms with Crippen LogP contribution in [0.15, 0.2) is 0 Å². The summed E-state index contributed by atoms with van der Waals surface area (Å²) < 4.78 is 5.45. The summed E-state index contributed by atoms with van der Waals surface area (Å²) >= 11 is 0. The van der Waals surface area contributed by atoms with Gasteiger partial charge in [0, 0.05) is 26.3 Å². The molecule has 1 atom stereocenters. The zero-order chi connectivity index (χ0) is 12.8. The van der Waals surface area contributed by atoms with E-state index in [1.807, 2.05) is 6.92 Å². The molecule has 4 nitrogen and oxygen atoms in total. The number of hydrogen-bond donors (Lipinski definition) is 2. The second-order valence-corrected chi connectivity index (χ2v) is 5.71. The molecule has 2 aliphatic rings. The Morgan fingerprint density at radius 3 is 2.79 bits per heavy atom. The highest BCUT2D eigenvalue weighted by Gasteiger charge is 2.37. The van der Waals surface area contributed by atoms with Gasteiger partial charge >= 0.3 is 0 Å². The molecule has 1 heterocycles. The molecule has 0 aromatic heterocycles. The second-order valence-electron chi connectivity index (χ2n) is 5.71. The minimum Gasteiger partial charge on any atom is -0.382 e. The highest BCUT2D eigenvalue weighted by molar-refractivity contribution is 5.85. The highest BCUT2D eigenvalue weighted by atomic mass is 35.5. The van der Waals surface area contributed by atoms with Crippen molar-refractivity contribution in [2.24, 2.45) is 11.3 Å². The summed E-state index contributed by atoms with van der Waals surface area (Å²) in [6.45, 7) is 6.32. The maximum atomic E-state index is 12.0. The summed E-state index contributed by atoms with van der Waals surface area (Å²) in [5, 5.41) is 6.40. The molecule has 1 aliphatic carbocycles. The van der Waals surface area contributed by atoms with Gasteiger partial charge in [-0.05, 0) is 44.6 Å². The first-order chi connectivity index (χ1) is 8.76. The molecule has 0 aromatic rings. The Labute approximate surface area is 122 Å². The van der Waals surface area contributed by atoms with Crippen molar-refractivity contribution in [2.45, 2.75) is 39.0 Å². The lowest BCUT2D eigenvalue weighted by Crippen LogP contribution is -2.44. The third-order valence-corrected chi connectivity index (χ3v) is 4.46. The number of hydrogen-bond acceptors (Lipinski definition) is 3. The molecule has 0 bridgehead atoms. The summed E-state index contributed by atoms with van der Waals surface area (Å²) in [5.41, 5.74) is 0.330. The number of carbonyl (C=O) groups is 1. The van der Waals surface area contributed by atoms with E-state index in [0.717, 1.165) is 45.7 Å². The Balaban J connectivity index is 0.00000180. The van der Waals surface area contributed by atoms with Gasteiger partial charge in [0.05, 0.1) is 5.92 Å². The van der Waals surface area contributed by atoms with Crippen LogP contribution in [-0.2, 0) is 9.53 Å². The SMILES string of the molecule is CCOCCC1(CNC(=O)C2CCNC2)CCC1.Cl. The summed E-state index contributed by atoms with van der Waals surface area (Å²) in [6.07, 6.45) is 5.85. The predicted molar refractivity (Wildman–Crippen MR) is 78.6 cm³/mol. The van der Waals surface area contributed by atoms with Crippen LogP contribution in [0, 0.1) is 11.3 Å². The fourth-order valence-corrected chi connectivity index (χ4v) is 2.92. The van der Waals surface area contributed by atoms with Crippen LogP contribution in [0.1, 0.15) is 39.0 Å². The van der Waals surface area contributed by atoms with Gasteiger partial charge in [-0.3, -0.25) is 4.79 Å². The van der Waals surface area contributed by atoms with Crippen molar-refractivity contribution in [1.29, 1.82) is 0 Å². The lowest BCUT2D eigenvalue weighted by atomic mass is 9.66. The van der Waals surface area contributed by atoms with E-state index in [1.165, 1.54) is 19.3 Å². The van der Waals surface area contributed by atoms with E-state index in [9.17, 15) is 4.79 Å². The van der Waals surface area contributed by atoms with E-state index in [4.69, 9.17) is 4.74 Å². The Morgan fingerprint density at radius 1 is 1.47 bits per heavy atom. The van der Waals surface area contributed by atoms with Gasteiger partial charge in [-0.25, -0.2) is 0 Å². The van der Waals surface area contributed by atoms with Crippen LogP contribution in [0.3, 0.4) is 0 Å². The average Bonchev–Trinajstić information content (AvgIpc) is 2.85. The zero-order valence-corrected chi connectivity index (χ0v) is 12.7. The Hall–Kier alpha value is -0.320. The van der Waals surface area contributed by atoms with Crippen LogP contribution in [-0.4, -0.2) is 38.8 Å². The molecule has 0 aromatic carbocycles. The molecular weight excluding hydrogens is 264 g/mol. The average molecular weight is 291 g/mol. The van der Waals surface area contributed by atoms with E-state index in [-0.39, 0.29) is 24.2 Å².